The van der Waals surface area contributed by atoms with Crippen molar-refractivity contribution in [3.8, 4) is 0 Å². The first-order valence-corrected chi connectivity index (χ1v) is 20.5. The average Bonchev–Trinajstić information content (AvgIpc) is 3.63. The normalized spacial score (nSPS) is 29.2. The molecule has 1 aromatic heterocycles. The summed E-state index contributed by atoms with van der Waals surface area (Å²) in [6.07, 6.45) is 2.94. The molecule has 2 amide bonds. The standard InChI is InChI=1S/C36H63N5O12S/c1-3-5-6-7-8-9-10-11-12-13-14-15-16-17-27(44)37-23(22-54-18-4-2)34(50)38-26-19-41(40-39-26)35-31(48)30(47)33(25(21-43)51-35)53-36-32(49)29(46)28(45)24(20-42)52-36/h4,19,23-25,28-33,35-36,42-43,45-49H,2-3,5-18,20-22H2,1H3,(H,37,44)(H,38,50)/t23-,24?,25?,28?,29?,30?,31?,32?,33?,35-,36?/m1/s1. The summed E-state index contributed by atoms with van der Waals surface area (Å²) in [7, 11) is 0. The Balaban J connectivity index is 1.48. The zero-order valence-electron chi connectivity index (χ0n) is 31.4. The minimum Gasteiger partial charge on any atom is -0.394 e. The van der Waals surface area contributed by atoms with E-state index in [4.69, 9.17) is 14.2 Å². The Morgan fingerprint density at radius 3 is 2.07 bits per heavy atom. The SMILES string of the molecule is [CH2][CH]CSC[C@@H](NC(=O)CCCCCCCCCCCCCCC)C(=O)Nc1cn([C@@H]2OC(CO)C(OC3OC(CO)C(O)C(O)C3O)C(O)C2O)nn1. The summed E-state index contributed by atoms with van der Waals surface area (Å²) in [5, 5.41) is 85.2. The first-order valence-electron chi connectivity index (χ1n) is 19.3. The maximum atomic E-state index is 13.3. The highest BCUT2D eigenvalue weighted by Gasteiger charge is 2.51. The van der Waals surface area contributed by atoms with Crippen LogP contribution in [0.3, 0.4) is 0 Å². The van der Waals surface area contributed by atoms with Crippen LogP contribution in [-0.2, 0) is 23.8 Å². The van der Waals surface area contributed by atoms with E-state index in [1.807, 2.05) is 0 Å². The molecule has 54 heavy (non-hydrogen) atoms. The van der Waals surface area contributed by atoms with Gasteiger partial charge in [0.1, 0.15) is 54.9 Å². The van der Waals surface area contributed by atoms with Crippen LogP contribution >= 0.6 is 11.8 Å². The Morgan fingerprint density at radius 1 is 0.870 bits per heavy atom. The van der Waals surface area contributed by atoms with Gasteiger partial charge in [-0.1, -0.05) is 89.2 Å². The van der Waals surface area contributed by atoms with E-state index in [9.17, 15) is 45.3 Å². The quantitative estimate of drug-likeness (QED) is 0.0587. The Labute approximate surface area is 322 Å². The molecule has 2 radical (unpaired) electrons. The van der Waals surface area contributed by atoms with Crippen molar-refractivity contribution in [3.05, 3.63) is 19.5 Å². The number of carbonyl (C=O) groups excluding carboxylic acids is 2. The second-order valence-corrected chi connectivity index (χ2v) is 15.1. The van der Waals surface area contributed by atoms with Crippen molar-refractivity contribution in [2.45, 2.75) is 164 Å². The third kappa shape index (κ3) is 14.5. The monoisotopic (exact) mass is 789 g/mol. The van der Waals surface area contributed by atoms with Crippen molar-refractivity contribution in [1.29, 1.82) is 0 Å². The Morgan fingerprint density at radius 2 is 1.48 bits per heavy atom. The second kappa shape index (κ2) is 25.3. The molecule has 310 valence electrons. The van der Waals surface area contributed by atoms with Gasteiger partial charge in [0.15, 0.2) is 18.3 Å². The summed E-state index contributed by atoms with van der Waals surface area (Å²) in [5.41, 5.74) is 0. The summed E-state index contributed by atoms with van der Waals surface area (Å²) in [5.74, 6) is 0.0465. The Hall–Kier alpha value is -1.97. The first-order chi connectivity index (χ1) is 26.1. The number of thioether (sulfide) groups is 1. The van der Waals surface area contributed by atoms with Crippen LogP contribution in [0.15, 0.2) is 6.20 Å². The molecule has 17 nitrogen and oxygen atoms in total. The lowest BCUT2D eigenvalue weighted by molar-refractivity contribution is -0.347. The molecule has 2 saturated heterocycles. The molecule has 3 rings (SSSR count). The topological polar surface area (TPSA) is 258 Å². The van der Waals surface area contributed by atoms with Crippen molar-refractivity contribution in [2.75, 3.05) is 30.0 Å². The summed E-state index contributed by atoms with van der Waals surface area (Å²) in [6, 6.07) is -0.882. The average molecular weight is 790 g/mol. The number of unbranched alkanes of at least 4 members (excludes halogenated alkanes) is 12. The lowest BCUT2D eigenvalue weighted by atomic mass is 9.96. The fourth-order valence-electron chi connectivity index (χ4n) is 6.48. The van der Waals surface area contributed by atoms with E-state index in [2.05, 4.69) is 34.8 Å². The zero-order valence-corrected chi connectivity index (χ0v) is 32.2. The molecule has 18 heteroatoms. The van der Waals surface area contributed by atoms with Gasteiger partial charge in [-0.05, 0) is 25.5 Å². The smallest absolute Gasteiger partial charge is 0.249 e. The maximum Gasteiger partial charge on any atom is 0.249 e. The summed E-state index contributed by atoms with van der Waals surface area (Å²) < 4.78 is 17.7. The molecule has 9 unspecified atom stereocenters. The third-order valence-electron chi connectivity index (χ3n) is 9.68. The van der Waals surface area contributed by atoms with E-state index in [0.717, 1.165) is 30.4 Å². The molecule has 2 aliphatic rings. The number of anilines is 1. The fraction of sp³-hybridized carbons (Fsp3) is 0.833. The van der Waals surface area contributed by atoms with Crippen LogP contribution in [0.2, 0.25) is 0 Å². The molecule has 1 aromatic rings. The van der Waals surface area contributed by atoms with Gasteiger partial charge in [0.2, 0.25) is 11.8 Å². The van der Waals surface area contributed by atoms with E-state index >= 15 is 0 Å². The molecule has 2 aliphatic heterocycles. The summed E-state index contributed by atoms with van der Waals surface area (Å²) in [6.45, 7) is 4.49. The van der Waals surface area contributed by atoms with Crippen LogP contribution in [-0.4, -0.2) is 148 Å². The lowest BCUT2D eigenvalue weighted by Gasteiger charge is -2.45. The predicted molar refractivity (Wildman–Crippen MR) is 200 cm³/mol. The van der Waals surface area contributed by atoms with Crippen molar-refractivity contribution in [2.24, 2.45) is 0 Å². The van der Waals surface area contributed by atoms with Crippen molar-refractivity contribution < 1.29 is 59.5 Å². The highest BCUT2D eigenvalue weighted by Crippen LogP contribution is 2.33. The molecule has 2 fully saturated rings. The van der Waals surface area contributed by atoms with Crippen molar-refractivity contribution >= 4 is 29.4 Å². The van der Waals surface area contributed by atoms with Gasteiger partial charge in [0, 0.05) is 12.2 Å². The van der Waals surface area contributed by atoms with E-state index < -0.39 is 86.5 Å². The van der Waals surface area contributed by atoms with E-state index in [0.29, 0.717) is 12.2 Å². The zero-order chi connectivity index (χ0) is 39.5. The van der Waals surface area contributed by atoms with Gasteiger partial charge in [0.05, 0.1) is 19.4 Å². The molecule has 11 atom stereocenters. The summed E-state index contributed by atoms with van der Waals surface area (Å²) in [4.78, 5) is 26.1. The van der Waals surface area contributed by atoms with Crippen LogP contribution in [0.5, 0.6) is 0 Å². The van der Waals surface area contributed by atoms with Gasteiger partial charge in [-0.3, -0.25) is 9.59 Å². The third-order valence-corrected chi connectivity index (χ3v) is 10.7. The van der Waals surface area contributed by atoms with Crippen LogP contribution in [0.4, 0.5) is 5.82 Å². The van der Waals surface area contributed by atoms with Crippen LogP contribution in [0, 0.1) is 13.3 Å². The number of hydrogen-bond donors (Lipinski definition) is 9. The number of aromatic nitrogens is 3. The van der Waals surface area contributed by atoms with Crippen LogP contribution in [0.1, 0.15) is 103 Å². The van der Waals surface area contributed by atoms with Crippen molar-refractivity contribution in [1.82, 2.24) is 20.3 Å². The number of amides is 2. The first kappa shape index (κ1) is 46.4. The van der Waals surface area contributed by atoms with Gasteiger partial charge in [-0.25, -0.2) is 4.68 Å². The van der Waals surface area contributed by atoms with Crippen LogP contribution < -0.4 is 10.6 Å². The number of nitrogens with one attached hydrogen (secondary N) is 2. The van der Waals surface area contributed by atoms with Gasteiger partial charge in [0.25, 0.3) is 0 Å². The molecule has 0 saturated carbocycles. The number of nitrogens with zero attached hydrogens (tertiary/aromatic N) is 3. The van der Waals surface area contributed by atoms with Crippen molar-refractivity contribution in [3.63, 3.8) is 0 Å². The van der Waals surface area contributed by atoms with Gasteiger partial charge in [-0.15, -0.1) is 5.10 Å². The fourth-order valence-corrected chi connectivity index (χ4v) is 7.26. The van der Waals surface area contributed by atoms with E-state index in [1.165, 1.54) is 75.7 Å². The minimum atomic E-state index is -1.80. The molecule has 0 aromatic carbocycles. The number of rotatable bonds is 26. The number of ether oxygens (including phenoxy) is 3. The number of hydrogen-bond acceptors (Lipinski definition) is 15. The maximum absolute atomic E-state index is 13.3. The molecule has 3 heterocycles. The van der Waals surface area contributed by atoms with Gasteiger partial charge >= 0.3 is 0 Å². The predicted octanol–water partition coefficient (Wildman–Crippen LogP) is 0.751. The van der Waals surface area contributed by atoms with E-state index in [1.54, 1.807) is 6.42 Å². The molecule has 0 bridgehead atoms. The highest BCUT2D eigenvalue weighted by molar-refractivity contribution is 7.99. The van der Waals surface area contributed by atoms with E-state index in [-0.39, 0.29) is 17.5 Å². The molecular formula is C36H63N5O12S. The molecular weight excluding hydrogens is 726 g/mol. The second-order valence-electron chi connectivity index (χ2n) is 14.0. The van der Waals surface area contributed by atoms with Gasteiger partial charge in [-0.2, -0.15) is 11.8 Å². The molecule has 9 N–H and O–H groups in total. The summed E-state index contributed by atoms with van der Waals surface area (Å²) >= 11 is 1.42. The molecule has 0 aliphatic carbocycles. The highest BCUT2D eigenvalue weighted by atomic mass is 32.2. The van der Waals surface area contributed by atoms with Gasteiger partial charge < -0.3 is 60.6 Å². The Kier molecular flexibility index (Phi) is 21.8. The van der Waals surface area contributed by atoms with Crippen LogP contribution in [0.25, 0.3) is 0 Å². The number of carbonyl (C=O) groups is 2. The molecule has 0 spiro atoms. The Bertz CT molecular complexity index is 1200. The largest absolute Gasteiger partial charge is 0.394 e. The number of aliphatic hydroxyl groups is 7. The minimum absolute atomic E-state index is 0.0324. The number of aliphatic hydroxyl groups excluding tert-OH is 7. The lowest BCUT2D eigenvalue weighted by Crippen LogP contribution is -2.63.